The summed E-state index contributed by atoms with van der Waals surface area (Å²) in [5, 5.41) is 7.57. The van der Waals surface area contributed by atoms with Gasteiger partial charge in [-0.2, -0.15) is 0 Å². The molecular weight excluding hydrogens is 266 g/mol. The van der Waals surface area contributed by atoms with Crippen LogP contribution in [0.3, 0.4) is 0 Å². The van der Waals surface area contributed by atoms with E-state index in [0.717, 1.165) is 5.56 Å². The number of amides is 2. The highest BCUT2D eigenvalue weighted by Gasteiger charge is 2.36. The molecule has 1 aliphatic rings. The zero-order valence-electron chi connectivity index (χ0n) is 12.0. The number of fused-ring (bicyclic) bond motifs is 1. The molecule has 0 bridgehead atoms. The Labute approximate surface area is 123 Å². The molecule has 2 amide bonds. The largest absolute Gasteiger partial charge is 0.397 e. The number of benzene rings is 2. The molecule has 21 heavy (non-hydrogen) atoms. The minimum absolute atomic E-state index is 0.245. The van der Waals surface area contributed by atoms with Crippen LogP contribution in [0.2, 0.25) is 0 Å². The van der Waals surface area contributed by atoms with Gasteiger partial charge in [-0.15, -0.1) is 0 Å². The summed E-state index contributed by atoms with van der Waals surface area (Å²) in [5.74, 6) is -0.491. The number of hydrogen-bond acceptors (Lipinski definition) is 3. The molecule has 108 valence electrons. The number of hydrogen-bond donors (Lipinski definition) is 1. The average Bonchev–Trinajstić information content (AvgIpc) is 2.73. The lowest BCUT2D eigenvalue weighted by Crippen LogP contribution is -2.29. The first-order chi connectivity index (χ1) is 10.1. The number of nitrogens with zero attached hydrogens (tertiary/aromatic N) is 1. The van der Waals surface area contributed by atoms with Crippen LogP contribution in [-0.2, 0) is 0 Å². The lowest BCUT2D eigenvalue weighted by Gasteiger charge is -2.16. The maximum atomic E-state index is 12.3. The number of imide groups is 1. The molecule has 0 unspecified atom stereocenters. The van der Waals surface area contributed by atoms with Gasteiger partial charge in [-0.1, -0.05) is 30.3 Å². The SMILES string of the molecule is CCO.Cc1ccccc1N1C(=O)c2ccccc2C1=O. The molecule has 4 heteroatoms. The van der Waals surface area contributed by atoms with Crippen LogP contribution in [0.15, 0.2) is 48.5 Å². The van der Waals surface area contributed by atoms with E-state index in [4.69, 9.17) is 5.11 Å². The van der Waals surface area contributed by atoms with Gasteiger partial charge in [0, 0.05) is 6.61 Å². The molecule has 2 aromatic rings. The van der Waals surface area contributed by atoms with E-state index in [-0.39, 0.29) is 18.4 Å². The van der Waals surface area contributed by atoms with Crippen LogP contribution in [0.1, 0.15) is 33.2 Å². The van der Waals surface area contributed by atoms with E-state index in [9.17, 15) is 9.59 Å². The second-order valence-electron chi connectivity index (χ2n) is 4.59. The molecule has 0 aromatic heterocycles. The molecular formula is C17H17NO3. The highest BCUT2D eigenvalue weighted by atomic mass is 16.2. The van der Waals surface area contributed by atoms with Gasteiger partial charge < -0.3 is 5.11 Å². The van der Waals surface area contributed by atoms with Gasteiger partial charge in [0.25, 0.3) is 11.8 Å². The van der Waals surface area contributed by atoms with E-state index in [0.29, 0.717) is 16.8 Å². The number of rotatable bonds is 1. The van der Waals surface area contributed by atoms with Crippen LogP contribution in [0.5, 0.6) is 0 Å². The number of anilines is 1. The number of aryl methyl sites for hydroxylation is 1. The van der Waals surface area contributed by atoms with Gasteiger partial charge in [-0.25, -0.2) is 4.90 Å². The van der Waals surface area contributed by atoms with E-state index in [1.807, 2.05) is 25.1 Å². The van der Waals surface area contributed by atoms with Crippen LogP contribution >= 0.6 is 0 Å². The fourth-order valence-corrected chi connectivity index (χ4v) is 2.22. The van der Waals surface area contributed by atoms with E-state index >= 15 is 0 Å². The number of aliphatic hydroxyl groups is 1. The maximum Gasteiger partial charge on any atom is 0.266 e. The Hall–Kier alpha value is -2.46. The van der Waals surface area contributed by atoms with Gasteiger partial charge in [-0.3, -0.25) is 9.59 Å². The van der Waals surface area contributed by atoms with Crippen molar-refractivity contribution in [2.24, 2.45) is 0 Å². The van der Waals surface area contributed by atoms with E-state index in [1.165, 1.54) is 4.90 Å². The zero-order valence-corrected chi connectivity index (χ0v) is 12.0. The van der Waals surface area contributed by atoms with E-state index in [2.05, 4.69) is 0 Å². The minimum Gasteiger partial charge on any atom is -0.397 e. The molecule has 0 spiro atoms. The summed E-state index contributed by atoms with van der Waals surface area (Å²) in [6, 6.07) is 14.3. The topological polar surface area (TPSA) is 57.6 Å². The van der Waals surface area contributed by atoms with Gasteiger partial charge >= 0.3 is 0 Å². The first-order valence-electron chi connectivity index (χ1n) is 6.76. The Bertz CT molecular complexity index is 644. The summed E-state index contributed by atoms with van der Waals surface area (Å²) >= 11 is 0. The van der Waals surface area contributed by atoms with Crippen LogP contribution in [0.25, 0.3) is 0 Å². The maximum absolute atomic E-state index is 12.3. The van der Waals surface area contributed by atoms with Gasteiger partial charge in [0.05, 0.1) is 16.8 Å². The van der Waals surface area contributed by atoms with E-state index < -0.39 is 0 Å². The first kappa shape index (κ1) is 14.9. The molecule has 1 aliphatic heterocycles. The Morgan fingerprint density at radius 2 is 1.33 bits per heavy atom. The van der Waals surface area contributed by atoms with Gasteiger partial charge in [0.2, 0.25) is 0 Å². The number of carbonyl (C=O) groups excluding carboxylic acids is 2. The predicted octanol–water partition coefficient (Wildman–Crippen LogP) is 2.79. The summed E-state index contributed by atoms with van der Waals surface area (Å²) in [7, 11) is 0. The minimum atomic E-state index is -0.245. The third kappa shape index (κ3) is 2.71. The fourth-order valence-electron chi connectivity index (χ4n) is 2.22. The normalized spacial score (nSPS) is 12.8. The highest BCUT2D eigenvalue weighted by molar-refractivity contribution is 6.34. The molecule has 0 aliphatic carbocycles. The Kier molecular flexibility index (Phi) is 4.50. The molecule has 0 atom stereocenters. The molecule has 2 aromatic carbocycles. The van der Waals surface area contributed by atoms with Gasteiger partial charge in [-0.05, 0) is 37.6 Å². The van der Waals surface area contributed by atoms with Crippen molar-refractivity contribution in [2.75, 3.05) is 11.5 Å². The van der Waals surface area contributed by atoms with Crippen molar-refractivity contribution in [3.8, 4) is 0 Å². The number of para-hydroxylation sites is 1. The summed E-state index contributed by atoms with van der Waals surface area (Å²) in [4.78, 5) is 25.8. The van der Waals surface area contributed by atoms with Crippen molar-refractivity contribution in [3.63, 3.8) is 0 Å². The van der Waals surface area contributed by atoms with Crippen LogP contribution in [0, 0.1) is 6.92 Å². The fraction of sp³-hybridized carbons (Fsp3) is 0.176. The van der Waals surface area contributed by atoms with Crippen molar-refractivity contribution in [1.29, 1.82) is 0 Å². The first-order valence-corrected chi connectivity index (χ1v) is 6.76. The monoisotopic (exact) mass is 283 g/mol. The molecule has 3 rings (SSSR count). The highest BCUT2D eigenvalue weighted by Crippen LogP contribution is 2.29. The summed E-state index contributed by atoms with van der Waals surface area (Å²) in [6.45, 7) is 3.82. The standard InChI is InChI=1S/C15H11NO2.C2H6O/c1-10-6-2-5-9-13(10)16-14(17)11-7-3-4-8-12(11)15(16)18;1-2-3/h2-9H,1H3;3H,2H2,1H3. The average molecular weight is 283 g/mol. The van der Waals surface area contributed by atoms with Crippen molar-refractivity contribution >= 4 is 17.5 Å². The Balaban J connectivity index is 0.000000497. The van der Waals surface area contributed by atoms with Crippen LogP contribution < -0.4 is 4.90 Å². The van der Waals surface area contributed by atoms with Crippen LogP contribution in [0.4, 0.5) is 5.69 Å². The third-order valence-electron chi connectivity index (χ3n) is 3.15. The third-order valence-corrected chi connectivity index (χ3v) is 3.15. The van der Waals surface area contributed by atoms with Crippen molar-refractivity contribution in [2.45, 2.75) is 13.8 Å². The Morgan fingerprint density at radius 1 is 0.905 bits per heavy atom. The van der Waals surface area contributed by atoms with Gasteiger partial charge in [0.1, 0.15) is 0 Å². The number of carbonyl (C=O) groups is 2. The molecule has 0 saturated carbocycles. The number of aliphatic hydroxyl groups excluding tert-OH is 1. The quantitative estimate of drug-likeness (QED) is 0.819. The smallest absolute Gasteiger partial charge is 0.266 e. The molecule has 1 N–H and O–H groups in total. The van der Waals surface area contributed by atoms with Crippen molar-refractivity contribution in [3.05, 3.63) is 65.2 Å². The van der Waals surface area contributed by atoms with Crippen molar-refractivity contribution in [1.82, 2.24) is 0 Å². The molecule has 4 nitrogen and oxygen atoms in total. The zero-order chi connectivity index (χ0) is 15.4. The predicted molar refractivity (Wildman–Crippen MR) is 81.5 cm³/mol. The van der Waals surface area contributed by atoms with E-state index in [1.54, 1.807) is 37.3 Å². The van der Waals surface area contributed by atoms with Crippen molar-refractivity contribution < 1.29 is 14.7 Å². The molecule has 1 heterocycles. The molecule has 0 fully saturated rings. The lowest BCUT2D eigenvalue weighted by molar-refractivity contribution is 0.0926. The second-order valence-corrected chi connectivity index (χ2v) is 4.59. The Morgan fingerprint density at radius 3 is 1.81 bits per heavy atom. The van der Waals surface area contributed by atoms with Crippen LogP contribution in [-0.4, -0.2) is 23.5 Å². The molecule has 0 radical (unpaired) electrons. The summed E-state index contributed by atoms with van der Waals surface area (Å²) in [6.07, 6.45) is 0. The summed E-state index contributed by atoms with van der Waals surface area (Å²) < 4.78 is 0. The lowest BCUT2D eigenvalue weighted by atomic mass is 10.1. The summed E-state index contributed by atoms with van der Waals surface area (Å²) in [5.41, 5.74) is 2.52. The van der Waals surface area contributed by atoms with Gasteiger partial charge in [0.15, 0.2) is 0 Å². The molecule has 0 saturated heterocycles. The second kappa shape index (κ2) is 6.33.